The van der Waals surface area contributed by atoms with E-state index in [1.807, 2.05) is 24.3 Å². The van der Waals surface area contributed by atoms with E-state index in [1.165, 1.54) is 54.6 Å². The summed E-state index contributed by atoms with van der Waals surface area (Å²) in [5, 5.41) is 18.9. The third-order valence-electron chi connectivity index (χ3n) is 8.89. The van der Waals surface area contributed by atoms with Crippen molar-refractivity contribution in [2.24, 2.45) is 11.3 Å². The van der Waals surface area contributed by atoms with Crippen LogP contribution in [0.2, 0.25) is 0 Å². The minimum Gasteiger partial charge on any atom is -0.461 e. The Kier molecular flexibility index (Phi) is 5.72. The first-order valence-electron chi connectivity index (χ1n) is 13.2. The molecule has 0 amide bonds. The third-order valence-corrected chi connectivity index (χ3v) is 8.89. The predicted octanol–water partition coefficient (Wildman–Crippen LogP) is 7.45. The van der Waals surface area contributed by atoms with Gasteiger partial charge in [-0.1, -0.05) is 54.0 Å². The zero-order valence-electron chi connectivity index (χ0n) is 22.5. The van der Waals surface area contributed by atoms with Crippen LogP contribution in [0.1, 0.15) is 83.9 Å². The van der Waals surface area contributed by atoms with Crippen LogP contribution in [0, 0.1) is 34.0 Å². The van der Waals surface area contributed by atoms with Gasteiger partial charge < -0.3 is 9.64 Å². The summed E-state index contributed by atoms with van der Waals surface area (Å²) >= 11 is 0. The van der Waals surface area contributed by atoms with Crippen molar-refractivity contribution < 1.29 is 4.74 Å². The Morgan fingerprint density at radius 3 is 2.47 bits per heavy atom. The second-order valence-electron chi connectivity index (χ2n) is 12.8. The third kappa shape index (κ3) is 3.98. The molecule has 2 unspecified atom stereocenters. The largest absolute Gasteiger partial charge is 0.461 e. The summed E-state index contributed by atoms with van der Waals surface area (Å²) in [7, 11) is 0. The fourth-order valence-electron chi connectivity index (χ4n) is 6.49. The van der Waals surface area contributed by atoms with Crippen molar-refractivity contribution in [3.8, 4) is 12.1 Å². The zero-order valence-corrected chi connectivity index (χ0v) is 22.5. The van der Waals surface area contributed by atoms with Crippen LogP contribution in [0.25, 0.3) is 6.08 Å². The fourth-order valence-corrected chi connectivity index (χ4v) is 6.49. The van der Waals surface area contributed by atoms with Crippen LogP contribution in [0.3, 0.4) is 0 Å². The lowest BCUT2D eigenvalue weighted by atomic mass is 9.65. The Morgan fingerprint density at radius 1 is 1.06 bits per heavy atom. The Balaban J connectivity index is 1.59. The van der Waals surface area contributed by atoms with Crippen molar-refractivity contribution in [1.82, 2.24) is 0 Å². The molecule has 3 heterocycles. The van der Waals surface area contributed by atoms with Gasteiger partial charge in [-0.2, -0.15) is 10.5 Å². The highest BCUT2D eigenvalue weighted by Crippen LogP contribution is 2.56. The van der Waals surface area contributed by atoms with Crippen LogP contribution >= 0.6 is 0 Å². The van der Waals surface area contributed by atoms with E-state index in [9.17, 15) is 10.5 Å². The summed E-state index contributed by atoms with van der Waals surface area (Å²) in [6.07, 6.45) is 12.8. The molecule has 4 nitrogen and oxygen atoms in total. The lowest BCUT2D eigenvalue weighted by molar-refractivity contribution is 0.223. The van der Waals surface area contributed by atoms with Crippen molar-refractivity contribution in [3.63, 3.8) is 0 Å². The van der Waals surface area contributed by atoms with Gasteiger partial charge in [0, 0.05) is 29.8 Å². The van der Waals surface area contributed by atoms with E-state index in [1.54, 1.807) is 6.08 Å². The summed E-state index contributed by atoms with van der Waals surface area (Å²) in [4.78, 5) is 2.66. The molecule has 1 saturated carbocycles. The molecule has 5 rings (SSSR count). The molecular formula is C32H37N3O. The van der Waals surface area contributed by atoms with Crippen molar-refractivity contribution in [3.05, 3.63) is 69.7 Å². The van der Waals surface area contributed by atoms with Crippen LogP contribution in [-0.4, -0.2) is 13.1 Å². The first-order chi connectivity index (χ1) is 17.0. The molecule has 0 bridgehead atoms. The number of anilines is 1. The maximum absolute atomic E-state index is 9.45. The second kappa shape index (κ2) is 8.41. The molecule has 0 N–H and O–H groups in total. The Bertz CT molecular complexity index is 1300. The minimum absolute atomic E-state index is 0.103. The topological polar surface area (TPSA) is 60.0 Å². The number of benzene rings is 1. The highest BCUT2D eigenvalue weighted by Gasteiger charge is 2.49. The molecule has 1 fully saturated rings. The van der Waals surface area contributed by atoms with Crippen molar-refractivity contribution in [2.75, 3.05) is 18.0 Å². The van der Waals surface area contributed by atoms with Crippen LogP contribution in [-0.2, 0) is 15.6 Å². The normalized spacial score (nSPS) is 26.3. The van der Waals surface area contributed by atoms with Crippen LogP contribution in [0.15, 0.2) is 53.0 Å². The molecule has 4 heteroatoms. The number of rotatable bonds is 2. The molecule has 0 spiro atoms. The van der Waals surface area contributed by atoms with E-state index in [0.717, 1.165) is 18.2 Å². The van der Waals surface area contributed by atoms with Crippen molar-refractivity contribution in [2.45, 2.75) is 78.1 Å². The minimum atomic E-state index is -0.246. The Labute approximate surface area is 216 Å². The molecule has 0 radical (unpaired) electrons. The summed E-state index contributed by atoms with van der Waals surface area (Å²) < 4.78 is 6.24. The van der Waals surface area contributed by atoms with E-state index >= 15 is 0 Å². The lowest BCUT2D eigenvalue weighted by Crippen LogP contribution is -2.48. The smallest absolute Gasteiger partial charge is 0.137 e. The molecule has 4 aliphatic rings. The van der Waals surface area contributed by atoms with E-state index in [2.05, 4.69) is 64.7 Å². The van der Waals surface area contributed by atoms with E-state index in [0.29, 0.717) is 11.3 Å². The van der Waals surface area contributed by atoms with Crippen LogP contribution in [0.4, 0.5) is 5.69 Å². The van der Waals surface area contributed by atoms with Gasteiger partial charge in [0.05, 0.1) is 0 Å². The molecule has 0 aromatic heterocycles. The van der Waals surface area contributed by atoms with Gasteiger partial charge in [-0.25, -0.2) is 0 Å². The van der Waals surface area contributed by atoms with Gasteiger partial charge in [0.25, 0.3) is 0 Å². The number of hydrogen-bond acceptors (Lipinski definition) is 4. The Morgan fingerprint density at radius 2 is 1.78 bits per heavy atom. The van der Waals surface area contributed by atoms with E-state index < -0.39 is 0 Å². The average Bonchev–Trinajstić information content (AvgIpc) is 3.22. The molecule has 3 aliphatic heterocycles. The standard InChI is InChI=1S/C32H37N3O/c1-30(2,3)28-17-22(23(18-33)19-34)16-25(36-28)10-9-21-14-26-29-27(15-21)32(6)11-7-8-24(32)20-35(29)13-12-31(26,4)5/h9-10,14-17,24H,7-8,11-13,20H2,1-6H3/b10-9+. The zero-order chi connectivity index (χ0) is 25.9. The molecule has 1 aromatic carbocycles. The summed E-state index contributed by atoms with van der Waals surface area (Å²) in [6, 6.07) is 8.84. The van der Waals surface area contributed by atoms with Crippen LogP contribution in [0.5, 0.6) is 0 Å². The quantitative estimate of drug-likeness (QED) is 0.413. The van der Waals surface area contributed by atoms with Crippen molar-refractivity contribution >= 4 is 11.8 Å². The number of ether oxygens (including phenoxy) is 1. The lowest BCUT2D eigenvalue weighted by Gasteiger charge is -2.51. The first kappa shape index (κ1) is 24.5. The van der Waals surface area contributed by atoms with Gasteiger partial charge in [-0.05, 0) is 83.1 Å². The molecule has 1 aromatic rings. The number of allylic oxidation sites excluding steroid dienone is 6. The summed E-state index contributed by atoms with van der Waals surface area (Å²) in [6.45, 7) is 15.8. The second-order valence-corrected chi connectivity index (χ2v) is 12.8. The number of hydrogen-bond donors (Lipinski definition) is 0. The number of nitriles is 2. The number of fused-ring (bicyclic) bond motifs is 2. The SMILES string of the molecule is CC(C)(C)C1=CC(=C(C#N)C#N)C=C(/C=C/c2cc3c4c(c2)C2(C)CCCC2CN4CCC3(C)C)O1. The van der Waals surface area contributed by atoms with E-state index in [4.69, 9.17) is 4.74 Å². The molecular weight excluding hydrogens is 442 g/mol. The summed E-state index contributed by atoms with van der Waals surface area (Å²) in [5.74, 6) is 2.13. The molecule has 2 atom stereocenters. The Hall–Kier alpha value is -3.24. The first-order valence-corrected chi connectivity index (χ1v) is 13.2. The van der Waals surface area contributed by atoms with Gasteiger partial charge in [0.2, 0.25) is 0 Å². The summed E-state index contributed by atoms with van der Waals surface area (Å²) in [5.41, 5.74) is 6.51. The molecule has 186 valence electrons. The van der Waals surface area contributed by atoms with E-state index in [-0.39, 0.29) is 21.8 Å². The molecule has 1 aliphatic carbocycles. The molecule has 36 heavy (non-hydrogen) atoms. The fraction of sp³-hybridized carbons (Fsp3) is 0.500. The maximum Gasteiger partial charge on any atom is 0.137 e. The van der Waals surface area contributed by atoms with Gasteiger partial charge in [0.1, 0.15) is 29.2 Å². The monoisotopic (exact) mass is 479 g/mol. The van der Waals surface area contributed by atoms with Gasteiger partial charge >= 0.3 is 0 Å². The van der Waals surface area contributed by atoms with Gasteiger partial charge in [0.15, 0.2) is 0 Å². The molecule has 0 saturated heterocycles. The van der Waals surface area contributed by atoms with Gasteiger partial charge in [-0.15, -0.1) is 0 Å². The highest BCUT2D eigenvalue weighted by atomic mass is 16.5. The maximum atomic E-state index is 9.45. The number of nitrogens with zero attached hydrogens (tertiary/aromatic N) is 3. The van der Waals surface area contributed by atoms with Crippen LogP contribution < -0.4 is 4.90 Å². The average molecular weight is 480 g/mol. The highest BCUT2D eigenvalue weighted by molar-refractivity contribution is 5.72. The predicted molar refractivity (Wildman–Crippen MR) is 145 cm³/mol. The van der Waals surface area contributed by atoms with Crippen molar-refractivity contribution in [1.29, 1.82) is 10.5 Å². The van der Waals surface area contributed by atoms with Gasteiger partial charge in [-0.3, -0.25) is 0 Å².